The van der Waals surface area contributed by atoms with Gasteiger partial charge >= 0.3 is 0 Å². The molecule has 0 fully saturated rings. The molecule has 0 saturated heterocycles. The van der Waals surface area contributed by atoms with Crippen molar-refractivity contribution < 1.29 is 23.4 Å². The van der Waals surface area contributed by atoms with Gasteiger partial charge < -0.3 is 15.5 Å². The second kappa shape index (κ2) is 7.32. The first kappa shape index (κ1) is 18.1. The van der Waals surface area contributed by atoms with Gasteiger partial charge in [0.1, 0.15) is 4.21 Å². The molecule has 21 heavy (non-hydrogen) atoms. The van der Waals surface area contributed by atoms with E-state index < -0.39 is 34.7 Å². The monoisotopic (exact) mass is 336 g/mol. The van der Waals surface area contributed by atoms with Crippen molar-refractivity contribution in [3.8, 4) is 0 Å². The van der Waals surface area contributed by atoms with E-state index in [9.17, 15) is 23.4 Å². The van der Waals surface area contributed by atoms with Crippen molar-refractivity contribution in [1.29, 1.82) is 0 Å². The Kier molecular flexibility index (Phi) is 6.29. The fourth-order valence-corrected chi connectivity index (χ4v) is 3.96. The van der Waals surface area contributed by atoms with E-state index in [-0.39, 0.29) is 10.8 Å². The molecule has 0 saturated carbocycles. The van der Waals surface area contributed by atoms with Crippen LogP contribution >= 0.6 is 11.3 Å². The average Bonchev–Trinajstić information content (AvgIpc) is 2.99. The molecule has 1 aromatic rings. The molecule has 0 bridgehead atoms. The van der Waals surface area contributed by atoms with Crippen molar-refractivity contribution in [3.63, 3.8) is 0 Å². The SMILES string of the molecule is CCC(CO)(CO)NC(=O)CN(C)S(=O)(=O)c1cccs1. The van der Waals surface area contributed by atoms with Gasteiger partial charge in [0, 0.05) is 7.05 Å². The molecule has 1 heterocycles. The summed E-state index contributed by atoms with van der Waals surface area (Å²) in [5, 5.41) is 22.7. The number of thiophene rings is 1. The molecular weight excluding hydrogens is 316 g/mol. The van der Waals surface area contributed by atoms with Crippen LogP contribution in [-0.4, -0.2) is 61.2 Å². The first-order valence-electron chi connectivity index (χ1n) is 6.34. The molecular formula is C12H20N2O5S2. The molecule has 0 aromatic carbocycles. The largest absolute Gasteiger partial charge is 0.394 e. The Morgan fingerprint density at radius 2 is 2.05 bits per heavy atom. The number of carbonyl (C=O) groups is 1. The van der Waals surface area contributed by atoms with E-state index in [1.807, 2.05) is 0 Å². The van der Waals surface area contributed by atoms with Crippen LogP contribution in [0.25, 0.3) is 0 Å². The summed E-state index contributed by atoms with van der Waals surface area (Å²) in [7, 11) is -2.39. The highest BCUT2D eigenvalue weighted by atomic mass is 32.2. The summed E-state index contributed by atoms with van der Waals surface area (Å²) in [5.41, 5.74) is -1.13. The van der Waals surface area contributed by atoms with Gasteiger partial charge in [0.05, 0.1) is 25.3 Å². The number of amides is 1. The van der Waals surface area contributed by atoms with Crippen LogP contribution in [-0.2, 0) is 14.8 Å². The topological polar surface area (TPSA) is 107 Å². The maximum atomic E-state index is 12.2. The quantitative estimate of drug-likeness (QED) is 0.600. The third kappa shape index (κ3) is 4.24. The summed E-state index contributed by atoms with van der Waals surface area (Å²) < 4.78 is 25.4. The van der Waals surface area contributed by atoms with E-state index in [1.54, 1.807) is 18.4 Å². The molecule has 0 radical (unpaired) electrons. The van der Waals surface area contributed by atoms with E-state index in [0.29, 0.717) is 6.42 Å². The fourth-order valence-electron chi connectivity index (χ4n) is 1.63. The summed E-state index contributed by atoms with van der Waals surface area (Å²) in [6.07, 6.45) is 0.327. The van der Waals surface area contributed by atoms with Crippen LogP contribution in [0, 0.1) is 0 Å². The minimum Gasteiger partial charge on any atom is -0.394 e. The van der Waals surface area contributed by atoms with Crippen LogP contribution < -0.4 is 5.32 Å². The Labute approximate surface area is 128 Å². The lowest BCUT2D eigenvalue weighted by Gasteiger charge is -2.30. The van der Waals surface area contributed by atoms with Gasteiger partial charge in [-0.2, -0.15) is 4.31 Å². The molecule has 1 aromatic heterocycles. The number of nitrogens with one attached hydrogen (secondary N) is 1. The highest BCUT2D eigenvalue weighted by Crippen LogP contribution is 2.19. The number of rotatable bonds is 8. The molecule has 3 N–H and O–H groups in total. The van der Waals surface area contributed by atoms with Crippen LogP contribution in [0.3, 0.4) is 0 Å². The van der Waals surface area contributed by atoms with Crippen LogP contribution in [0.2, 0.25) is 0 Å². The Balaban J connectivity index is 2.75. The molecule has 120 valence electrons. The van der Waals surface area contributed by atoms with E-state index in [1.165, 1.54) is 13.1 Å². The van der Waals surface area contributed by atoms with Crippen LogP contribution in [0.15, 0.2) is 21.7 Å². The zero-order chi connectivity index (χ0) is 16.1. The Bertz CT molecular complexity index is 544. The molecule has 9 heteroatoms. The first-order valence-corrected chi connectivity index (χ1v) is 8.66. The van der Waals surface area contributed by atoms with Gasteiger partial charge in [-0.05, 0) is 17.9 Å². The summed E-state index contributed by atoms with van der Waals surface area (Å²) in [4.78, 5) is 11.9. The van der Waals surface area contributed by atoms with Crippen LogP contribution in [0.4, 0.5) is 0 Å². The number of hydrogen-bond acceptors (Lipinski definition) is 6. The molecule has 0 atom stereocenters. The highest BCUT2D eigenvalue weighted by molar-refractivity contribution is 7.91. The number of aliphatic hydroxyl groups excluding tert-OH is 2. The van der Waals surface area contributed by atoms with Gasteiger partial charge in [-0.25, -0.2) is 8.42 Å². The normalized spacial score (nSPS) is 12.6. The zero-order valence-corrected chi connectivity index (χ0v) is 13.6. The Morgan fingerprint density at radius 1 is 1.43 bits per heavy atom. The third-order valence-corrected chi connectivity index (χ3v) is 6.39. The van der Waals surface area contributed by atoms with Crippen molar-refractivity contribution in [2.75, 3.05) is 26.8 Å². The minimum atomic E-state index is -3.70. The van der Waals surface area contributed by atoms with Crippen molar-refractivity contribution in [1.82, 2.24) is 9.62 Å². The molecule has 0 aliphatic carbocycles. The van der Waals surface area contributed by atoms with E-state index in [0.717, 1.165) is 15.6 Å². The van der Waals surface area contributed by atoms with Gasteiger partial charge in [0.15, 0.2) is 0 Å². The lowest BCUT2D eigenvalue weighted by molar-refractivity contribution is -0.124. The molecule has 0 spiro atoms. The first-order chi connectivity index (χ1) is 9.81. The van der Waals surface area contributed by atoms with Crippen LogP contribution in [0.1, 0.15) is 13.3 Å². The Morgan fingerprint density at radius 3 is 2.48 bits per heavy atom. The second-order valence-corrected chi connectivity index (χ2v) is 7.91. The summed E-state index contributed by atoms with van der Waals surface area (Å²) >= 11 is 1.07. The number of nitrogens with zero attached hydrogens (tertiary/aromatic N) is 1. The van der Waals surface area contributed by atoms with Crippen molar-refractivity contribution in [2.45, 2.75) is 23.1 Å². The van der Waals surface area contributed by atoms with Gasteiger partial charge in [-0.1, -0.05) is 13.0 Å². The maximum Gasteiger partial charge on any atom is 0.252 e. The molecule has 0 unspecified atom stereocenters. The van der Waals surface area contributed by atoms with Crippen molar-refractivity contribution in [3.05, 3.63) is 17.5 Å². The lowest BCUT2D eigenvalue weighted by Crippen LogP contribution is -2.56. The van der Waals surface area contributed by atoms with Gasteiger partial charge in [0.2, 0.25) is 5.91 Å². The van der Waals surface area contributed by atoms with E-state index >= 15 is 0 Å². The summed E-state index contributed by atoms with van der Waals surface area (Å²) in [6, 6.07) is 3.08. The van der Waals surface area contributed by atoms with Crippen LogP contribution in [0.5, 0.6) is 0 Å². The molecule has 7 nitrogen and oxygen atoms in total. The summed E-state index contributed by atoms with van der Waals surface area (Å²) in [6.45, 7) is 0.473. The molecule has 0 aliphatic rings. The number of aliphatic hydroxyl groups is 2. The molecule has 1 rings (SSSR count). The number of carbonyl (C=O) groups excluding carboxylic acids is 1. The minimum absolute atomic E-state index is 0.156. The predicted octanol–water partition coefficient (Wildman–Crippen LogP) is -0.382. The Hall–Kier alpha value is -1.00. The summed E-state index contributed by atoms with van der Waals surface area (Å²) in [5.74, 6) is -0.581. The lowest BCUT2D eigenvalue weighted by atomic mass is 9.98. The van der Waals surface area contributed by atoms with Gasteiger partial charge in [0.25, 0.3) is 10.0 Å². The fraction of sp³-hybridized carbons (Fsp3) is 0.583. The zero-order valence-electron chi connectivity index (χ0n) is 11.9. The van der Waals surface area contributed by atoms with Crippen molar-refractivity contribution >= 4 is 27.3 Å². The smallest absolute Gasteiger partial charge is 0.252 e. The molecule has 0 aliphatic heterocycles. The number of likely N-dealkylation sites (N-methyl/N-ethyl adjacent to an activating group) is 1. The standard InChI is InChI=1S/C12H20N2O5S2/c1-3-12(8-15,9-16)13-10(17)7-14(2)21(18,19)11-5-4-6-20-11/h4-6,15-16H,3,7-9H2,1-2H3,(H,13,17). The number of hydrogen-bond donors (Lipinski definition) is 3. The van der Waals surface area contributed by atoms with Gasteiger partial charge in [-0.3, -0.25) is 4.79 Å². The second-order valence-electron chi connectivity index (χ2n) is 4.69. The average molecular weight is 336 g/mol. The third-order valence-electron chi connectivity index (χ3n) is 3.21. The molecule has 1 amide bonds. The highest BCUT2D eigenvalue weighted by Gasteiger charge is 2.30. The van der Waals surface area contributed by atoms with Gasteiger partial charge in [-0.15, -0.1) is 11.3 Å². The predicted molar refractivity (Wildman–Crippen MR) is 79.5 cm³/mol. The number of sulfonamides is 1. The maximum absolute atomic E-state index is 12.2. The van der Waals surface area contributed by atoms with E-state index in [4.69, 9.17) is 0 Å². The van der Waals surface area contributed by atoms with E-state index in [2.05, 4.69) is 5.32 Å². The van der Waals surface area contributed by atoms with Crippen molar-refractivity contribution in [2.24, 2.45) is 0 Å².